The predicted octanol–water partition coefficient (Wildman–Crippen LogP) is 4.68. The molecular weight excluding hydrogens is 475 g/mol. The van der Waals surface area contributed by atoms with Crippen LogP contribution in [0.1, 0.15) is 18.1 Å². The number of anilines is 3. The number of nitrogens with one attached hydrogen (secondary N) is 2. The molecule has 7 nitrogen and oxygen atoms in total. The summed E-state index contributed by atoms with van der Waals surface area (Å²) in [5.41, 5.74) is 3.75. The fourth-order valence-electron chi connectivity index (χ4n) is 3.91. The van der Waals surface area contributed by atoms with Crippen molar-refractivity contribution in [3.8, 4) is 11.6 Å². The van der Waals surface area contributed by atoms with Gasteiger partial charge >= 0.3 is 0 Å². The molecule has 1 saturated heterocycles. The van der Waals surface area contributed by atoms with Crippen molar-refractivity contribution in [2.75, 3.05) is 36.4 Å². The molecule has 1 aliphatic carbocycles. The molecule has 0 bridgehead atoms. The molecule has 0 unspecified atom stereocenters. The number of halogens is 2. The lowest BCUT2D eigenvalue weighted by atomic mass is 10.1. The summed E-state index contributed by atoms with van der Waals surface area (Å²) in [7, 11) is 0. The number of piperazine rings is 1. The molecule has 1 aliphatic heterocycles. The van der Waals surface area contributed by atoms with E-state index < -0.39 is 0 Å². The molecular formula is C23H22BrFN6O. The van der Waals surface area contributed by atoms with Gasteiger partial charge in [0.2, 0.25) is 5.88 Å². The van der Waals surface area contributed by atoms with Gasteiger partial charge in [-0.3, -0.25) is 0 Å². The summed E-state index contributed by atoms with van der Waals surface area (Å²) in [5.74, 6) is 1.08. The lowest BCUT2D eigenvalue weighted by Crippen LogP contribution is -2.43. The molecule has 2 N–H and O–H groups in total. The van der Waals surface area contributed by atoms with Gasteiger partial charge in [-0.15, -0.1) is 0 Å². The molecule has 0 radical (unpaired) electrons. The van der Waals surface area contributed by atoms with Crippen LogP contribution in [0.25, 0.3) is 6.08 Å². The van der Waals surface area contributed by atoms with Crippen LogP contribution < -0.4 is 20.3 Å². The number of ether oxygens (including phenoxy) is 1. The van der Waals surface area contributed by atoms with Crippen LogP contribution in [-0.4, -0.2) is 41.1 Å². The second-order valence-corrected chi connectivity index (χ2v) is 8.62. The highest BCUT2D eigenvalue weighted by Crippen LogP contribution is 2.37. The summed E-state index contributed by atoms with van der Waals surface area (Å²) in [6.45, 7) is 5.85. The highest BCUT2D eigenvalue weighted by atomic mass is 79.9. The van der Waals surface area contributed by atoms with Crippen LogP contribution >= 0.6 is 15.9 Å². The summed E-state index contributed by atoms with van der Waals surface area (Å²) in [4.78, 5) is 15.2. The largest absolute Gasteiger partial charge is 0.435 e. The van der Waals surface area contributed by atoms with Crippen molar-refractivity contribution >= 4 is 39.3 Å². The second kappa shape index (κ2) is 8.84. The van der Waals surface area contributed by atoms with Crippen molar-refractivity contribution < 1.29 is 9.13 Å². The summed E-state index contributed by atoms with van der Waals surface area (Å²) in [6.07, 6.45) is 5.83. The van der Waals surface area contributed by atoms with Crippen LogP contribution in [0.5, 0.6) is 11.6 Å². The molecule has 3 aromatic rings. The third-order valence-electron chi connectivity index (χ3n) is 5.54. The number of hydrogen-bond donors (Lipinski definition) is 2. The average Bonchev–Trinajstić information content (AvgIpc) is 3.20. The Morgan fingerprint density at radius 3 is 2.75 bits per heavy atom. The maximum atomic E-state index is 14.9. The molecule has 1 aromatic carbocycles. The van der Waals surface area contributed by atoms with E-state index in [9.17, 15) is 4.39 Å². The van der Waals surface area contributed by atoms with Crippen LogP contribution in [0.4, 0.5) is 21.7 Å². The highest BCUT2D eigenvalue weighted by Gasteiger charge is 2.20. The summed E-state index contributed by atoms with van der Waals surface area (Å²) in [5, 5.41) is 6.51. The number of rotatable bonds is 5. The van der Waals surface area contributed by atoms with Gasteiger partial charge in [0, 0.05) is 31.7 Å². The monoisotopic (exact) mass is 496 g/mol. The molecule has 0 saturated carbocycles. The Morgan fingerprint density at radius 1 is 1.12 bits per heavy atom. The predicted molar refractivity (Wildman–Crippen MR) is 126 cm³/mol. The fourth-order valence-corrected chi connectivity index (χ4v) is 4.29. The Bertz CT molecular complexity index is 1180. The van der Waals surface area contributed by atoms with Crippen molar-refractivity contribution in [2.45, 2.75) is 13.3 Å². The minimum absolute atomic E-state index is 0.124. The first-order chi connectivity index (χ1) is 15.6. The van der Waals surface area contributed by atoms with Gasteiger partial charge in [0.05, 0.1) is 11.9 Å². The van der Waals surface area contributed by atoms with Gasteiger partial charge in [-0.1, -0.05) is 17.7 Å². The first-order valence-corrected chi connectivity index (χ1v) is 11.2. The van der Waals surface area contributed by atoms with E-state index in [2.05, 4.69) is 46.4 Å². The number of allylic oxidation sites excluding steroid dienone is 1. The van der Waals surface area contributed by atoms with Gasteiger partial charge in [-0.25, -0.2) is 19.3 Å². The van der Waals surface area contributed by atoms with E-state index in [1.807, 2.05) is 37.4 Å². The van der Waals surface area contributed by atoms with Gasteiger partial charge in [-0.2, -0.15) is 0 Å². The first-order valence-electron chi connectivity index (χ1n) is 10.4. The Labute approximate surface area is 193 Å². The second-order valence-electron chi connectivity index (χ2n) is 7.83. The van der Waals surface area contributed by atoms with Crippen LogP contribution in [0.15, 0.2) is 46.8 Å². The quantitative estimate of drug-likeness (QED) is 0.531. The summed E-state index contributed by atoms with van der Waals surface area (Å²) < 4.78 is 21.2. The van der Waals surface area contributed by atoms with E-state index in [-0.39, 0.29) is 17.4 Å². The van der Waals surface area contributed by atoms with Crippen molar-refractivity contribution in [1.82, 2.24) is 20.3 Å². The van der Waals surface area contributed by atoms with Crippen LogP contribution in [0.3, 0.4) is 0 Å². The van der Waals surface area contributed by atoms with Crippen molar-refractivity contribution in [3.05, 3.63) is 63.8 Å². The van der Waals surface area contributed by atoms with Gasteiger partial charge in [-0.05, 0) is 53.0 Å². The lowest BCUT2D eigenvalue weighted by molar-refractivity contribution is 0.423. The summed E-state index contributed by atoms with van der Waals surface area (Å²) in [6, 6.07) is 7.46. The van der Waals surface area contributed by atoms with E-state index in [1.54, 1.807) is 6.07 Å². The Hall–Kier alpha value is -3.04. The molecule has 164 valence electrons. The molecule has 2 aliphatic rings. The number of pyridine rings is 1. The van der Waals surface area contributed by atoms with E-state index in [4.69, 9.17) is 4.74 Å². The molecule has 3 heterocycles. The topological polar surface area (TPSA) is 75.2 Å². The van der Waals surface area contributed by atoms with E-state index >= 15 is 0 Å². The third kappa shape index (κ3) is 4.18. The first kappa shape index (κ1) is 20.8. The SMILES string of the molecule is CC1=Cc2c(ccc(Oc3ncnc(Nc4ccc(N5CCNCC5)cn4)c3Br)c2F)C1. The molecule has 9 heteroatoms. The van der Waals surface area contributed by atoms with Crippen molar-refractivity contribution in [1.29, 1.82) is 0 Å². The number of hydrogen-bond acceptors (Lipinski definition) is 7. The van der Waals surface area contributed by atoms with Crippen LogP contribution in [-0.2, 0) is 6.42 Å². The van der Waals surface area contributed by atoms with Gasteiger partial charge < -0.3 is 20.3 Å². The molecule has 32 heavy (non-hydrogen) atoms. The van der Waals surface area contributed by atoms with Gasteiger partial charge in [0.1, 0.15) is 16.6 Å². The Morgan fingerprint density at radius 2 is 1.97 bits per heavy atom. The zero-order chi connectivity index (χ0) is 22.1. The minimum atomic E-state index is -0.385. The maximum absolute atomic E-state index is 14.9. The van der Waals surface area contributed by atoms with Gasteiger partial charge in [0.25, 0.3) is 0 Å². The van der Waals surface area contributed by atoms with E-state index in [0.29, 0.717) is 21.7 Å². The molecule has 0 spiro atoms. The standard InChI is InChI=1S/C23H22BrFN6O/c1-14-10-15-2-4-18(21(25)17(15)11-14)32-23-20(24)22(28-13-29-23)30-19-5-3-16(12-27-19)31-8-6-26-7-9-31/h2-5,11-13,26H,6-10H2,1H3,(H,27,28,29,30). The molecule has 5 rings (SSSR count). The smallest absolute Gasteiger partial charge is 0.239 e. The maximum Gasteiger partial charge on any atom is 0.239 e. The van der Waals surface area contributed by atoms with Gasteiger partial charge in [0.15, 0.2) is 17.4 Å². The number of benzene rings is 1. The minimum Gasteiger partial charge on any atom is -0.435 e. The Balaban J connectivity index is 1.34. The number of nitrogens with zero attached hydrogens (tertiary/aromatic N) is 4. The van der Waals surface area contributed by atoms with Crippen LogP contribution in [0, 0.1) is 5.82 Å². The number of fused-ring (bicyclic) bond motifs is 1. The van der Waals surface area contributed by atoms with Crippen LogP contribution in [0.2, 0.25) is 0 Å². The fraction of sp³-hybridized carbons (Fsp3) is 0.261. The Kier molecular flexibility index (Phi) is 5.75. The molecule has 0 amide bonds. The zero-order valence-electron chi connectivity index (χ0n) is 17.5. The molecule has 0 atom stereocenters. The van der Waals surface area contributed by atoms with Crippen molar-refractivity contribution in [2.24, 2.45) is 0 Å². The van der Waals surface area contributed by atoms with Crippen molar-refractivity contribution in [3.63, 3.8) is 0 Å². The average molecular weight is 497 g/mol. The zero-order valence-corrected chi connectivity index (χ0v) is 19.1. The normalized spacial score (nSPS) is 15.3. The van der Waals surface area contributed by atoms with E-state index in [1.165, 1.54) is 6.33 Å². The highest BCUT2D eigenvalue weighted by molar-refractivity contribution is 9.10. The lowest BCUT2D eigenvalue weighted by Gasteiger charge is -2.29. The van der Waals surface area contributed by atoms with E-state index in [0.717, 1.165) is 49.4 Å². The summed E-state index contributed by atoms with van der Waals surface area (Å²) >= 11 is 3.48. The molecule has 2 aromatic heterocycles. The third-order valence-corrected chi connectivity index (χ3v) is 6.25. The molecule has 1 fully saturated rings. The number of aromatic nitrogens is 3.